The Labute approximate surface area is 302 Å². The van der Waals surface area contributed by atoms with Crippen LogP contribution in [0.4, 0.5) is 11.5 Å². The Morgan fingerprint density at radius 1 is 1.02 bits per heavy atom. The van der Waals surface area contributed by atoms with Crippen LogP contribution in [-0.4, -0.2) is 61.8 Å². The molecule has 0 bridgehead atoms. The molecule has 52 heavy (non-hydrogen) atoms. The lowest BCUT2D eigenvalue weighted by Gasteiger charge is -2.30. The number of carboxylic acids is 1. The van der Waals surface area contributed by atoms with Crippen LogP contribution in [0.15, 0.2) is 77.5 Å². The number of aliphatic carboxylic acids is 1. The van der Waals surface area contributed by atoms with E-state index in [1.807, 2.05) is 48.7 Å². The number of nitrogens with zero attached hydrogens (tertiary/aromatic N) is 5. The summed E-state index contributed by atoms with van der Waals surface area (Å²) >= 11 is 0. The van der Waals surface area contributed by atoms with E-state index < -0.39 is 12.1 Å². The first kappa shape index (κ1) is 34.8. The van der Waals surface area contributed by atoms with Gasteiger partial charge < -0.3 is 25.3 Å². The van der Waals surface area contributed by atoms with Gasteiger partial charge in [0.2, 0.25) is 5.89 Å². The number of hydrogen-bond acceptors (Lipinski definition) is 10. The number of fused-ring (bicyclic) bond motifs is 2. The summed E-state index contributed by atoms with van der Waals surface area (Å²) in [6.45, 7) is 9.02. The molecule has 11 nitrogen and oxygen atoms in total. The van der Waals surface area contributed by atoms with E-state index in [2.05, 4.69) is 58.6 Å². The number of hydrogen-bond donors (Lipinski definition) is 4. The van der Waals surface area contributed by atoms with Crippen molar-refractivity contribution in [3.8, 4) is 28.7 Å². The van der Waals surface area contributed by atoms with E-state index in [1.165, 1.54) is 0 Å². The Bertz CT molecular complexity index is 2320. The number of anilines is 2. The van der Waals surface area contributed by atoms with Gasteiger partial charge in [-0.05, 0) is 116 Å². The second kappa shape index (κ2) is 14.9. The quantitative estimate of drug-likeness (QED) is 0.109. The van der Waals surface area contributed by atoms with Crippen LogP contribution < -0.4 is 10.6 Å². The number of nitriles is 1. The third kappa shape index (κ3) is 7.22. The number of nitrogens with one attached hydrogen (secondary N) is 2. The molecule has 4 N–H and O–H groups in total. The van der Waals surface area contributed by atoms with Crippen molar-refractivity contribution in [2.24, 2.45) is 5.92 Å². The first-order chi connectivity index (χ1) is 25.2. The van der Waals surface area contributed by atoms with Crippen molar-refractivity contribution >= 4 is 39.5 Å². The van der Waals surface area contributed by atoms with Crippen molar-refractivity contribution in [3.63, 3.8) is 0 Å². The Morgan fingerprint density at radius 3 is 2.52 bits per heavy atom. The van der Waals surface area contributed by atoms with E-state index >= 15 is 0 Å². The first-order valence-corrected chi connectivity index (χ1v) is 17.6. The van der Waals surface area contributed by atoms with Gasteiger partial charge in [-0.15, -0.1) is 0 Å². The lowest BCUT2D eigenvalue weighted by molar-refractivity contribution is -0.143. The van der Waals surface area contributed by atoms with Crippen LogP contribution in [0.5, 0.6) is 0 Å². The summed E-state index contributed by atoms with van der Waals surface area (Å²) in [5.74, 6) is 0.0855. The Balaban J connectivity index is 1.15. The molecule has 1 aliphatic heterocycles. The van der Waals surface area contributed by atoms with Crippen LogP contribution in [0.1, 0.15) is 47.6 Å². The topological polar surface area (TPSA) is 160 Å². The maximum atomic E-state index is 11.4. The number of aliphatic hydroxyl groups is 1. The molecule has 7 rings (SSSR count). The minimum atomic E-state index is -0.730. The van der Waals surface area contributed by atoms with Crippen molar-refractivity contribution in [1.82, 2.24) is 25.2 Å². The molecule has 0 aliphatic carbocycles. The van der Waals surface area contributed by atoms with Gasteiger partial charge in [0.05, 0.1) is 17.6 Å². The zero-order valence-corrected chi connectivity index (χ0v) is 29.5. The molecule has 1 unspecified atom stereocenters. The van der Waals surface area contributed by atoms with Gasteiger partial charge >= 0.3 is 5.97 Å². The van der Waals surface area contributed by atoms with Crippen LogP contribution in [0.2, 0.25) is 0 Å². The zero-order valence-electron chi connectivity index (χ0n) is 29.5. The number of aromatic nitrogens is 3. The molecule has 1 saturated heterocycles. The van der Waals surface area contributed by atoms with Gasteiger partial charge in [-0.25, -0.2) is 9.97 Å². The highest BCUT2D eigenvalue weighted by molar-refractivity contribution is 5.91. The molecular weight excluding hydrogens is 654 g/mol. The molecule has 0 saturated carbocycles. The van der Waals surface area contributed by atoms with Crippen molar-refractivity contribution in [3.05, 3.63) is 101 Å². The van der Waals surface area contributed by atoms with E-state index in [0.717, 1.165) is 55.5 Å². The van der Waals surface area contributed by atoms with E-state index in [9.17, 15) is 20.3 Å². The number of rotatable bonds is 11. The fourth-order valence-corrected chi connectivity index (χ4v) is 7.05. The van der Waals surface area contributed by atoms with Gasteiger partial charge in [0.25, 0.3) is 0 Å². The number of likely N-dealkylation sites (tertiary alicyclic amines) is 1. The Hall–Kier alpha value is -5.67. The van der Waals surface area contributed by atoms with Crippen molar-refractivity contribution < 1.29 is 19.4 Å². The predicted octanol–water partition coefficient (Wildman–Crippen LogP) is 7.10. The largest absolute Gasteiger partial charge is 0.481 e. The van der Waals surface area contributed by atoms with Crippen LogP contribution in [0, 0.1) is 31.1 Å². The fourth-order valence-electron chi connectivity index (χ4n) is 7.05. The van der Waals surface area contributed by atoms with E-state index in [0.29, 0.717) is 73.9 Å². The number of carbonyl (C=O) groups is 1. The average molecular weight is 696 g/mol. The predicted molar refractivity (Wildman–Crippen MR) is 201 cm³/mol. The number of aliphatic hydroxyl groups excluding tert-OH is 1. The highest BCUT2D eigenvalue weighted by Gasteiger charge is 2.25. The van der Waals surface area contributed by atoms with Gasteiger partial charge in [0.1, 0.15) is 17.1 Å². The SMILES string of the molecule is Cc1c(Nc2nccc3cc(CNCC(C)O)cnc23)cccc1-c1cccc(-c2nc3cc(CN4CCC(C(=O)O)CC4)cc(C#N)c3o2)c1C. The summed E-state index contributed by atoms with van der Waals surface area (Å²) in [4.78, 5) is 27.8. The van der Waals surface area contributed by atoms with Gasteiger partial charge in [-0.3, -0.25) is 14.7 Å². The molecule has 0 spiro atoms. The van der Waals surface area contributed by atoms with E-state index in [-0.39, 0.29) is 5.92 Å². The Morgan fingerprint density at radius 2 is 1.77 bits per heavy atom. The third-order valence-electron chi connectivity index (χ3n) is 9.88. The van der Waals surface area contributed by atoms with Crippen LogP contribution >= 0.6 is 0 Å². The minimum absolute atomic E-state index is 0.295. The number of piperidine rings is 1. The smallest absolute Gasteiger partial charge is 0.306 e. The molecule has 1 aliphatic rings. The van der Waals surface area contributed by atoms with E-state index in [1.54, 1.807) is 13.1 Å². The summed E-state index contributed by atoms with van der Waals surface area (Å²) in [6, 6.07) is 22.4. The second-order valence-electron chi connectivity index (χ2n) is 13.6. The maximum absolute atomic E-state index is 11.4. The summed E-state index contributed by atoms with van der Waals surface area (Å²) in [7, 11) is 0. The van der Waals surface area contributed by atoms with Gasteiger partial charge in [-0.1, -0.05) is 24.3 Å². The van der Waals surface area contributed by atoms with Crippen molar-refractivity contribution in [1.29, 1.82) is 5.26 Å². The van der Waals surface area contributed by atoms with Crippen LogP contribution in [0.3, 0.4) is 0 Å². The Kier molecular flexibility index (Phi) is 9.96. The lowest BCUT2D eigenvalue weighted by Crippen LogP contribution is -2.35. The molecule has 1 atom stereocenters. The zero-order chi connectivity index (χ0) is 36.4. The molecule has 6 aromatic rings. The maximum Gasteiger partial charge on any atom is 0.306 e. The third-order valence-corrected chi connectivity index (χ3v) is 9.88. The van der Waals surface area contributed by atoms with Gasteiger partial charge in [0, 0.05) is 48.7 Å². The molecule has 1 fully saturated rings. The van der Waals surface area contributed by atoms with Crippen molar-refractivity contribution in [2.45, 2.75) is 52.8 Å². The monoisotopic (exact) mass is 695 g/mol. The number of pyridine rings is 2. The molecule has 0 radical (unpaired) electrons. The summed E-state index contributed by atoms with van der Waals surface area (Å²) < 4.78 is 6.29. The fraction of sp³-hybridized carbons (Fsp3) is 0.293. The van der Waals surface area contributed by atoms with Gasteiger partial charge in [0.15, 0.2) is 11.4 Å². The van der Waals surface area contributed by atoms with Crippen molar-refractivity contribution in [2.75, 3.05) is 25.0 Å². The number of oxazole rings is 1. The van der Waals surface area contributed by atoms with Crippen LogP contribution in [0.25, 0.3) is 44.6 Å². The van der Waals surface area contributed by atoms with Gasteiger partial charge in [-0.2, -0.15) is 5.26 Å². The first-order valence-electron chi connectivity index (χ1n) is 17.6. The molecule has 4 heterocycles. The molecule has 11 heteroatoms. The summed E-state index contributed by atoms with van der Waals surface area (Å²) in [5.41, 5.74) is 10.1. The minimum Gasteiger partial charge on any atom is -0.481 e. The molecule has 0 amide bonds. The van der Waals surface area contributed by atoms with Crippen LogP contribution in [-0.2, 0) is 17.9 Å². The molecule has 3 aromatic heterocycles. The highest BCUT2D eigenvalue weighted by Crippen LogP contribution is 2.38. The highest BCUT2D eigenvalue weighted by atomic mass is 16.4. The van der Waals surface area contributed by atoms with E-state index in [4.69, 9.17) is 14.4 Å². The number of benzene rings is 3. The molecule has 3 aromatic carbocycles. The lowest BCUT2D eigenvalue weighted by atomic mass is 9.93. The summed E-state index contributed by atoms with van der Waals surface area (Å²) in [5, 5.41) is 36.7. The normalized spacial score (nSPS) is 14.4. The summed E-state index contributed by atoms with van der Waals surface area (Å²) in [6.07, 6.45) is 4.43. The standard InChI is InChI=1S/C41H41N7O4/c1-24(49)20-43-21-28-17-30-10-13-44-39(37(30)45-22-28)46-35-9-5-7-33(26(35)3)32-6-4-8-34(25(32)2)40-47-36-18-27(16-31(19-42)38(36)52-40)23-48-14-11-29(12-15-48)41(50)51/h4-10,13,16-18,22,24,29,43,49H,11-12,14-15,20-21,23H2,1-3H3,(H,44,46)(H,50,51). The average Bonchev–Trinajstić information content (AvgIpc) is 3.56. The second-order valence-corrected chi connectivity index (χ2v) is 13.6. The number of carboxylic acid groups (broad SMARTS) is 1. The molecule has 264 valence electrons. The molecular formula is C41H41N7O4.